The second-order valence-electron chi connectivity index (χ2n) is 4.34. The van der Waals surface area contributed by atoms with Crippen LogP contribution in [0.4, 0.5) is 13.2 Å². The number of unbranched alkanes of at least 4 members (excludes halogenated alkanes) is 2. The van der Waals surface area contributed by atoms with Crippen molar-refractivity contribution in [1.82, 2.24) is 0 Å². The summed E-state index contributed by atoms with van der Waals surface area (Å²) in [6, 6.07) is 0. The fraction of sp³-hybridized carbons (Fsp3) is 1.00. The molecule has 0 atom stereocenters. The van der Waals surface area contributed by atoms with Crippen molar-refractivity contribution in [3.05, 3.63) is 0 Å². The van der Waals surface area contributed by atoms with Gasteiger partial charge in [0.25, 0.3) is 0 Å². The Labute approximate surface area is 106 Å². The maximum Gasteiger partial charge on any atom is 0.421 e. The van der Waals surface area contributed by atoms with Gasteiger partial charge in [-0.1, -0.05) is 26.7 Å². The first-order chi connectivity index (χ1) is 8.37. The summed E-state index contributed by atoms with van der Waals surface area (Å²) in [6.45, 7) is 2.69. The first-order valence-corrected chi connectivity index (χ1v) is 6.32. The highest BCUT2D eigenvalue weighted by Crippen LogP contribution is 2.31. The highest BCUT2D eigenvalue weighted by molar-refractivity contribution is 4.86. The first kappa shape index (κ1) is 17.7. The van der Waals surface area contributed by atoms with Crippen LogP contribution in [0.25, 0.3) is 0 Å². The zero-order valence-corrected chi connectivity index (χ0v) is 11.1. The number of halogens is 3. The molecule has 0 aromatic carbocycles. The van der Waals surface area contributed by atoms with E-state index in [1.54, 1.807) is 0 Å². The maximum atomic E-state index is 12.7. The molecule has 0 aliphatic carbocycles. The number of hydrogen-bond acceptors (Lipinski definition) is 3. The molecule has 0 aliphatic heterocycles. The van der Waals surface area contributed by atoms with Crippen LogP contribution in [-0.4, -0.2) is 43.3 Å². The summed E-state index contributed by atoms with van der Waals surface area (Å²) < 4.78 is 47.9. The molecule has 18 heavy (non-hydrogen) atoms. The molecule has 0 heterocycles. The molecule has 0 saturated heterocycles. The van der Waals surface area contributed by atoms with E-state index in [0.717, 1.165) is 12.8 Å². The fourth-order valence-electron chi connectivity index (χ4n) is 1.18. The van der Waals surface area contributed by atoms with E-state index in [2.05, 4.69) is 0 Å². The van der Waals surface area contributed by atoms with Crippen molar-refractivity contribution in [2.45, 2.75) is 51.3 Å². The third-order valence-electron chi connectivity index (χ3n) is 2.49. The summed E-state index contributed by atoms with van der Waals surface area (Å²) in [7, 11) is 0. The van der Waals surface area contributed by atoms with Gasteiger partial charge in [-0.3, -0.25) is 0 Å². The molecule has 0 radical (unpaired) electrons. The van der Waals surface area contributed by atoms with Gasteiger partial charge in [-0.2, -0.15) is 13.2 Å². The van der Waals surface area contributed by atoms with Crippen LogP contribution in [0.1, 0.15) is 39.5 Å². The van der Waals surface area contributed by atoms with Crippen LogP contribution in [0, 0.1) is 0 Å². The molecular formula is C12H23F3O3. The summed E-state index contributed by atoms with van der Waals surface area (Å²) >= 11 is 0. The van der Waals surface area contributed by atoms with Gasteiger partial charge in [0.1, 0.15) is 0 Å². The minimum Gasteiger partial charge on any atom is -0.378 e. The normalized spacial score (nSPS) is 13.0. The molecule has 3 nitrogen and oxygen atoms in total. The quantitative estimate of drug-likeness (QED) is 0.621. The minimum atomic E-state index is -4.74. The van der Waals surface area contributed by atoms with Gasteiger partial charge in [-0.25, -0.2) is 0 Å². The largest absolute Gasteiger partial charge is 0.421 e. The van der Waals surface area contributed by atoms with Gasteiger partial charge in [-0.05, 0) is 12.8 Å². The topological polar surface area (TPSA) is 38.7 Å². The van der Waals surface area contributed by atoms with Gasteiger partial charge < -0.3 is 14.6 Å². The monoisotopic (exact) mass is 272 g/mol. The predicted octanol–water partition coefficient (Wildman–Crippen LogP) is 2.91. The van der Waals surface area contributed by atoms with Crippen molar-refractivity contribution >= 4 is 0 Å². The van der Waals surface area contributed by atoms with E-state index in [9.17, 15) is 18.3 Å². The fourth-order valence-corrected chi connectivity index (χ4v) is 1.18. The van der Waals surface area contributed by atoms with Crippen LogP contribution in [0.2, 0.25) is 0 Å². The molecule has 0 spiro atoms. The van der Waals surface area contributed by atoms with Gasteiger partial charge in [0, 0.05) is 13.2 Å². The molecule has 0 bridgehead atoms. The lowest BCUT2D eigenvalue weighted by atomic mass is 10.1. The Kier molecular flexibility index (Phi) is 8.56. The van der Waals surface area contributed by atoms with Crippen molar-refractivity contribution in [3.63, 3.8) is 0 Å². The molecule has 0 aromatic rings. The van der Waals surface area contributed by atoms with Crippen LogP contribution < -0.4 is 0 Å². The van der Waals surface area contributed by atoms with Crippen LogP contribution in [-0.2, 0) is 9.47 Å². The van der Waals surface area contributed by atoms with E-state index in [1.807, 2.05) is 13.8 Å². The lowest BCUT2D eigenvalue weighted by Crippen LogP contribution is -2.53. The molecule has 6 heteroatoms. The Bertz CT molecular complexity index is 195. The van der Waals surface area contributed by atoms with Crippen molar-refractivity contribution < 1.29 is 27.8 Å². The van der Waals surface area contributed by atoms with Crippen molar-refractivity contribution in [3.8, 4) is 0 Å². The van der Waals surface area contributed by atoms with Crippen molar-refractivity contribution in [2.24, 2.45) is 0 Å². The molecule has 110 valence electrons. The zero-order chi connectivity index (χ0) is 14.1. The Balaban J connectivity index is 4.17. The first-order valence-electron chi connectivity index (χ1n) is 6.32. The average Bonchev–Trinajstić information content (AvgIpc) is 2.29. The standard InChI is InChI=1S/C12H23F3O3/c1-3-5-7-17-9-11(16,12(13,14)15)10-18-8-6-4-2/h16H,3-10H2,1-2H3. The number of rotatable bonds is 10. The van der Waals surface area contributed by atoms with Gasteiger partial charge in [-0.15, -0.1) is 0 Å². The van der Waals surface area contributed by atoms with E-state index in [-0.39, 0.29) is 13.2 Å². The number of hydrogen-bond donors (Lipinski definition) is 1. The van der Waals surface area contributed by atoms with Crippen LogP contribution in [0.3, 0.4) is 0 Å². The SMILES string of the molecule is CCCCOCC(O)(COCCCC)C(F)(F)F. The third kappa shape index (κ3) is 6.56. The molecule has 1 N–H and O–H groups in total. The molecule has 0 unspecified atom stereocenters. The molecule has 0 amide bonds. The Morgan fingerprint density at radius 1 is 0.889 bits per heavy atom. The van der Waals surface area contributed by atoms with Crippen LogP contribution >= 0.6 is 0 Å². The molecule has 0 fully saturated rings. The summed E-state index contributed by atoms with van der Waals surface area (Å²) in [5.74, 6) is 0. The highest BCUT2D eigenvalue weighted by atomic mass is 19.4. The predicted molar refractivity (Wildman–Crippen MR) is 62.5 cm³/mol. The number of ether oxygens (including phenoxy) is 2. The zero-order valence-electron chi connectivity index (χ0n) is 11.1. The minimum absolute atomic E-state index is 0.212. The van der Waals surface area contributed by atoms with E-state index in [0.29, 0.717) is 12.8 Å². The van der Waals surface area contributed by atoms with Crippen molar-refractivity contribution in [1.29, 1.82) is 0 Å². The summed E-state index contributed by atoms with van der Waals surface area (Å²) in [6.07, 6.45) is -1.74. The average molecular weight is 272 g/mol. The Morgan fingerprint density at radius 3 is 1.56 bits per heavy atom. The molecule has 0 saturated carbocycles. The van der Waals surface area contributed by atoms with Gasteiger partial charge >= 0.3 is 6.18 Å². The lowest BCUT2D eigenvalue weighted by molar-refractivity contribution is -0.289. The molecule has 0 rings (SSSR count). The molecular weight excluding hydrogens is 249 g/mol. The van der Waals surface area contributed by atoms with E-state index in [4.69, 9.17) is 9.47 Å². The highest BCUT2D eigenvalue weighted by Gasteiger charge is 2.54. The third-order valence-corrected chi connectivity index (χ3v) is 2.49. The van der Waals surface area contributed by atoms with Gasteiger partial charge in [0.05, 0.1) is 13.2 Å². The molecule has 0 aromatic heterocycles. The second kappa shape index (κ2) is 8.72. The number of aliphatic hydroxyl groups is 1. The summed E-state index contributed by atoms with van der Waals surface area (Å²) in [4.78, 5) is 0. The van der Waals surface area contributed by atoms with E-state index >= 15 is 0 Å². The Hall–Kier alpha value is -0.330. The second-order valence-corrected chi connectivity index (χ2v) is 4.34. The van der Waals surface area contributed by atoms with Crippen LogP contribution in [0.5, 0.6) is 0 Å². The van der Waals surface area contributed by atoms with E-state index < -0.39 is 25.0 Å². The van der Waals surface area contributed by atoms with Gasteiger partial charge in [0.2, 0.25) is 5.60 Å². The number of alkyl halides is 3. The molecule has 0 aliphatic rings. The summed E-state index contributed by atoms with van der Waals surface area (Å²) in [5.41, 5.74) is -2.91. The van der Waals surface area contributed by atoms with E-state index in [1.165, 1.54) is 0 Å². The van der Waals surface area contributed by atoms with Crippen LogP contribution in [0.15, 0.2) is 0 Å². The lowest BCUT2D eigenvalue weighted by Gasteiger charge is -2.29. The van der Waals surface area contributed by atoms with Crippen molar-refractivity contribution in [2.75, 3.05) is 26.4 Å². The Morgan fingerprint density at radius 2 is 1.28 bits per heavy atom. The maximum absolute atomic E-state index is 12.7. The summed E-state index contributed by atoms with van der Waals surface area (Å²) in [5, 5.41) is 9.57. The van der Waals surface area contributed by atoms with Gasteiger partial charge in [0.15, 0.2) is 0 Å². The smallest absolute Gasteiger partial charge is 0.378 e.